The van der Waals surface area contributed by atoms with Crippen molar-refractivity contribution < 1.29 is 9.90 Å². The number of hydrogen-bond donors (Lipinski definition) is 2. The van der Waals surface area contributed by atoms with Crippen LogP contribution in [0.15, 0.2) is 0 Å². The van der Waals surface area contributed by atoms with E-state index in [1.54, 1.807) is 0 Å². The molecule has 18 heavy (non-hydrogen) atoms. The van der Waals surface area contributed by atoms with Crippen molar-refractivity contribution in [2.75, 3.05) is 19.7 Å². The number of likely N-dealkylation sites (tertiary alicyclic amines) is 1. The van der Waals surface area contributed by atoms with Crippen molar-refractivity contribution in [1.29, 1.82) is 0 Å². The molecule has 102 valence electrons. The zero-order valence-corrected chi connectivity index (χ0v) is 11.0. The smallest absolute Gasteiger partial charge is 0.317 e. The number of unbranched alkanes of at least 4 members (excludes halogenated alkanes) is 2. The lowest BCUT2D eigenvalue weighted by Crippen LogP contribution is -2.49. The number of piperidine rings is 1. The van der Waals surface area contributed by atoms with E-state index in [9.17, 15) is 4.79 Å². The maximum atomic E-state index is 12.0. The van der Waals surface area contributed by atoms with E-state index in [2.05, 4.69) is 11.2 Å². The molecule has 4 heteroatoms. The fraction of sp³-hybridized carbons (Fsp3) is 0.786. The van der Waals surface area contributed by atoms with Crippen LogP contribution in [0.1, 0.15) is 44.9 Å². The summed E-state index contributed by atoms with van der Waals surface area (Å²) in [6, 6.07) is 0.211. The average Bonchev–Trinajstić information content (AvgIpc) is 2.39. The molecule has 1 aliphatic heterocycles. The second-order valence-electron chi connectivity index (χ2n) is 4.75. The molecule has 0 aromatic rings. The molecule has 1 rings (SSSR count). The molecule has 1 fully saturated rings. The second kappa shape index (κ2) is 8.82. The number of nitrogens with one attached hydrogen (secondary N) is 1. The molecule has 0 aliphatic carbocycles. The first-order chi connectivity index (χ1) is 8.79. The predicted molar refractivity (Wildman–Crippen MR) is 72.1 cm³/mol. The van der Waals surface area contributed by atoms with Crippen LogP contribution in [0, 0.1) is 12.3 Å². The Morgan fingerprint density at radius 2 is 2.28 bits per heavy atom. The van der Waals surface area contributed by atoms with Gasteiger partial charge in [0.25, 0.3) is 0 Å². The third-order valence-corrected chi connectivity index (χ3v) is 3.37. The molecule has 0 aromatic heterocycles. The molecule has 0 radical (unpaired) electrons. The minimum Gasteiger partial charge on any atom is -0.396 e. The third kappa shape index (κ3) is 4.97. The number of amides is 2. The first-order valence-corrected chi connectivity index (χ1v) is 6.88. The summed E-state index contributed by atoms with van der Waals surface area (Å²) < 4.78 is 0. The van der Waals surface area contributed by atoms with E-state index in [1.807, 2.05) is 4.90 Å². The molecule has 0 bridgehead atoms. The van der Waals surface area contributed by atoms with Gasteiger partial charge in [-0.2, -0.15) is 0 Å². The lowest BCUT2D eigenvalue weighted by molar-refractivity contribution is 0.132. The van der Waals surface area contributed by atoms with E-state index in [-0.39, 0.29) is 18.7 Å². The van der Waals surface area contributed by atoms with Crippen LogP contribution in [-0.2, 0) is 0 Å². The third-order valence-electron chi connectivity index (χ3n) is 3.37. The van der Waals surface area contributed by atoms with Gasteiger partial charge in [-0.15, -0.1) is 12.3 Å². The topological polar surface area (TPSA) is 52.6 Å². The van der Waals surface area contributed by atoms with Crippen LogP contribution >= 0.6 is 0 Å². The van der Waals surface area contributed by atoms with E-state index in [0.717, 1.165) is 45.1 Å². The quantitative estimate of drug-likeness (QED) is 0.559. The van der Waals surface area contributed by atoms with Gasteiger partial charge in [-0.25, -0.2) is 4.79 Å². The molecule has 1 unspecified atom stereocenters. The Labute approximate surface area is 110 Å². The Kier molecular flexibility index (Phi) is 7.28. The molecule has 0 spiro atoms. The van der Waals surface area contributed by atoms with Gasteiger partial charge in [-0.1, -0.05) is 0 Å². The summed E-state index contributed by atoms with van der Waals surface area (Å²) in [5, 5.41) is 12.0. The summed E-state index contributed by atoms with van der Waals surface area (Å²) in [5.41, 5.74) is 0. The Morgan fingerprint density at radius 1 is 1.44 bits per heavy atom. The molecule has 0 saturated carbocycles. The number of rotatable bonds is 6. The maximum Gasteiger partial charge on any atom is 0.317 e. The van der Waals surface area contributed by atoms with Crippen LogP contribution in [0.4, 0.5) is 4.79 Å². The van der Waals surface area contributed by atoms with Crippen LogP contribution in [0.3, 0.4) is 0 Å². The van der Waals surface area contributed by atoms with Crippen molar-refractivity contribution in [1.82, 2.24) is 10.2 Å². The predicted octanol–water partition coefficient (Wildman–Crippen LogP) is 1.74. The largest absolute Gasteiger partial charge is 0.396 e. The minimum atomic E-state index is 0.00820. The summed E-state index contributed by atoms with van der Waals surface area (Å²) in [6.07, 6.45) is 11.7. The van der Waals surface area contributed by atoms with Crippen molar-refractivity contribution in [3.8, 4) is 12.3 Å². The molecule has 2 amide bonds. The van der Waals surface area contributed by atoms with E-state index >= 15 is 0 Å². The first-order valence-electron chi connectivity index (χ1n) is 6.88. The number of nitrogens with zero attached hydrogens (tertiary/aromatic N) is 1. The lowest BCUT2D eigenvalue weighted by atomic mass is 10.0. The van der Waals surface area contributed by atoms with E-state index in [0.29, 0.717) is 13.0 Å². The Bertz CT molecular complexity index is 284. The Balaban J connectivity index is 2.27. The van der Waals surface area contributed by atoms with E-state index in [4.69, 9.17) is 11.5 Å². The average molecular weight is 252 g/mol. The Hall–Kier alpha value is -1.21. The number of carbonyl (C=O) groups is 1. The Morgan fingerprint density at radius 3 is 3.00 bits per heavy atom. The molecular weight excluding hydrogens is 228 g/mol. The molecule has 1 atom stereocenters. The van der Waals surface area contributed by atoms with Crippen molar-refractivity contribution in [3.63, 3.8) is 0 Å². The second-order valence-corrected chi connectivity index (χ2v) is 4.75. The van der Waals surface area contributed by atoms with Gasteiger partial charge in [0.05, 0.1) is 0 Å². The molecule has 1 heterocycles. The van der Waals surface area contributed by atoms with E-state index < -0.39 is 0 Å². The zero-order chi connectivity index (χ0) is 13.2. The number of carbonyl (C=O) groups excluding carboxylic acids is 1. The van der Waals surface area contributed by atoms with Crippen molar-refractivity contribution >= 4 is 6.03 Å². The molecule has 2 N–H and O–H groups in total. The molecule has 1 saturated heterocycles. The van der Waals surface area contributed by atoms with Gasteiger partial charge >= 0.3 is 6.03 Å². The van der Waals surface area contributed by atoms with Gasteiger partial charge in [-0.05, 0) is 38.5 Å². The van der Waals surface area contributed by atoms with Crippen LogP contribution < -0.4 is 5.32 Å². The van der Waals surface area contributed by atoms with Crippen LogP contribution in [0.25, 0.3) is 0 Å². The fourth-order valence-electron chi connectivity index (χ4n) is 2.37. The summed E-state index contributed by atoms with van der Waals surface area (Å²) in [5.74, 6) is 2.59. The minimum absolute atomic E-state index is 0.00820. The van der Waals surface area contributed by atoms with Gasteiger partial charge in [-0.3, -0.25) is 0 Å². The summed E-state index contributed by atoms with van der Waals surface area (Å²) in [6.45, 7) is 1.64. The zero-order valence-electron chi connectivity index (χ0n) is 11.0. The number of aliphatic hydroxyl groups is 1. The van der Waals surface area contributed by atoms with Gasteiger partial charge in [0.15, 0.2) is 0 Å². The highest BCUT2D eigenvalue weighted by Crippen LogP contribution is 2.19. The maximum absolute atomic E-state index is 12.0. The fourth-order valence-corrected chi connectivity index (χ4v) is 2.37. The molecule has 0 aromatic carbocycles. The summed E-state index contributed by atoms with van der Waals surface area (Å²) >= 11 is 0. The lowest BCUT2D eigenvalue weighted by Gasteiger charge is -2.35. The monoisotopic (exact) mass is 252 g/mol. The van der Waals surface area contributed by atoms with E-state index in [1.165, 1.54) is 0 Å². The standard InChI is InChI=1S/C14H24N2O2/c1-2-3-4-6-10-15-14(18)16-11-7-5-8-13(16)9-12-17/h1,13,17H,3-12H2,(H,15,18). The normalized spacial score (nSPS) is 19.3. The number of terminal acetylenes is 1. The summed E-state index contributed by atoms with van der Waals surface area (Å²) in [4.78, 5) is 13.9. The number of urea groups is 1. The highest BCUT2D eigenvalue weighted by atomic mass is 16.3. The molecule has 4 nitrogen and oxygen atoms in total. The van der Waals surface area contributed by atoms with Gasteiger partial charge in [0.2, 0.25) is 0 Å². The number of aliphatic hydroxyl groups excluding tert-OH is 1. The summed E-state index contributed by atoms with van der Waals surface area (Å²) in [7, 11) is 0. The van der Waals surface area contributed by atoms with Crippen molar-refractivity contribution in [2.24, 2.45) is 0 Å². The van der Waals surface area contributed by atoms with Crippen molar-refractivity contribution in [3.05, 3.63) is 0 Å². The van der Waals surface area contributed by atoms with Gasteiger partial charge in [0.1, 0.15) is 0 Å². The van der Waals surface area contributed by atoms with Crippen LogP contribution in [0.2, 0.25) is 0 Å². The van der Waals surface area contributed by atoms with Gasteiger partial charge in [0, 0.05) is 32.2 Å². The van der Waals surface area contributed by atoms with Crippen LogP contribution in [0.5, 0.6) is 0 Å². The highest BCUT2D eigenvalue weighted by molar-refractivity contribution is 5.74. The van der Waals surface area contributed by atoms with Crippen molar-refractivity contribution in [2.45, 2.75) is 51.0 Å². The SMILES string of the molecule is C#CCCCCNC(=O)N1CCCCC1CCO. The number of hydrogen-bond acceptors (Lipinski definition) is 2. The highest BCUT2D eigenvalue weighted by Gasteiger charge is 2.25. The van der Waals surface area contributed by atoms with Crippen LogP contribution in [-0.4, -0.2) is 41.8 Å². The van der Waals surface area contributed by atoms with Gasteiger partial charge < -0.3 is 15.3 Å². The first kappa shape index (κ1) is 14.8. The molecule has 1 aliphatic rings. The molecular formula is C14H24N2O2.